The highest BCUT2D eigenvalue weighted by Gasteiger charge is 1.97. The SMILES string of the molecule is Cc1ccc(OCCNCc2cccs2)cc1C. The Morgan fingerprint density at radius 3 is 2.78 bits per heavy atom. The highest BCUT2D eigenvalue weighted by molar-refractivity contribution is 7.09. The molecule has 0 atom stereocenters. The van der Waals surface area contributed by atoms with Gasteiger partial charge in [-0.25, -0.2) is 0 Å². The minimum atomic E-state index is 0.702. The Labute approximate surface area is 113 Å². The third-order valence-electron chi connectivity index (χ3n) is 2.91. The maximum atomic E-state index is 5.70. The van der Waals surface area contributed by atoms with E-state index in [0.29, 0.717) is 6.61 Å². The Bertz CT molecular complexity index is 479. The van der Waals surface area contributed by atoms with Crippen molar-refractivity contribution < 1.29 is 4.74 Å². The normalized spacial score (nSPS) is 10.6. The average molecular weight is 261 g/mol. The van der Waals surface area contributed by atoms with Crippen LogP contribution in [0, 0.1) is 13.8 Å². The molecule has 0 radical (unpaired) electrons. The van der Waals surface area contributed by atoms with Gasteiger partial charge in [0.25, 0.3) is 0 Å². The maximum Gasteiger partial charge on any atom is 0.119 e. The van der Waals surface area contributed by atoms with Crippen molar-refractivity contribution in [2.24, 2.45) is 0 Å². The number of ether oxygens (including phenoxy) is 1. The van der Waals surface area contributed by atoms with E-state index in [9.17, 15) is 0 Å². The van der Waals surface area contributed by atoms with Crippen LogP contribution >= 0.6 is 11.3 Å². The molecule has 0 aliphatic carbocycles. The molecular formula is C15H19NOS. The summed E-state index contributed by atoms with van der Waals surface area (Å²) in [6.07, 6.45) is 0. The van der Waals surface area contributed by atoms with Crippen molar-refractivity contribution in [3.8, 4) is 5.75 Å². The molecular weight excluding hydrogens is 242 g/mol. The molecule has 18 heavy (non-hydrogen) atoms. The highest BCUT2D eigenvalue weighted by Crippen LogP contribution is 2.16. The monoisotopic (exact) mass is 261 g/mol. The zero-order valence-electron chi connectivity index (χ0n) is 10.9. The Kier molecular flexibility index (Phi) is 4.79. The Hall–Kier alpha value is -1.32. The summed E-state index contributed by atoms with van der Waals surface area (Å²) >= 11 is 1.78. The van der Waals surface area contributed by atoms with Crippen LogP contribution in [0.25, 0.3) is 0 Å². The molecule has 1 N–H and O–H groups in total. The summed E-state index contributed by atoms with van der Waals surface area (Å²) in [7, 11) is 0. The van der Waals surface area contributed by atoms with Crippen molar-refractivity contribution in [1.29, 1.82) is 0 Å². The number of thiophene rings is 1. The molecule has 0 fully saturated rings. The van der Waals surface area contributed by atoms with Crippen LogP contribution in [0.15, 0.2) is 35.7 Å². The smallest absolute Gasteiger partial charge is 0.119 e. The molecule has 1 aromatic heterocycles. The second-order valence-corrected chi connectivity index (χ2v) is 5.38. The molecule has 0 aliphatic heterocycles. The molecule has 1 aromatic carbocycles. The minimum absolute atomic E-state index is 0.702. The Balaban J connectivity index is 1.67. The van der Waals surface area contributed by atoms with Crippen LogP contribution < -0.4 is 10.1 Å². The summed E-state index contributed by atoms with van der Waals surface area (Å²) in [5.74, 6) is 0.955. The highest BCUT2D eigenvalue weighted by atomic mass is 32.1. The van der Waals surface area contributed by atoms with Gasteiger partial charge in [0.1, 0.15) is 12.4 Å². The molecule has 2 nitrogen and oxygen atoms in total. The lowest BCUT2D eigenvalue weighted by atomic mass is 10.1. The summed E-state index contributed by atoms with van der Waals surface area (Å²) in [5, 5.41) is 5.47. The quantitative estimate of drug-likeness (QED) is 0.803. The number of nitrogens with one attached hydrogen (secondary N) is 1. The van der Waals surface area contributed by atoms with E-state index in [2.05, 4.69) is 48.8 Å². The van der Waals surface area contributed by atoms with Crippen LogP contribution in [0.2, 0.25) is 0 Å². The molecule has 0 bridgehead atoms. The van der Waals surface area contributed by atoms with Gasteiger partial charge in [0.15, 0.2) is 0 Å². The van der Waals surface area contributed by atoms with Crippen molar-refractivity contribution in [3.63, 3.8) is 0 Å². The molecule has 3 heteroatoms. The van der Waals surface area contributed by atoms with Crippen molar-refractivity contribution in [2.75, 3.05) is 13.2 Å². The van der Waals surface area contributed by atoms with Crippen LogP contribution in [0.1, 0.15) is 16.0 Å². The second-order valence-electron chi connectivity index (χ2n) is 4.35. The van der Waals surface area contributed by atoms with E-state index in [1.807, 2.05) is 6.07 Å². The fraction of sp³-hybridized carbons (Fsp3) is 0.333. The van der Waals surface area contributed by atoms with Gasteiger partial charge in [0, 0.05) is 18.0 Å². The summed E-state index contributed by atoms with van der Waals surface area (Å²) < 4.78 is 5.70. The van der Waals surface area contributed by atoms with Crippen molar-refractivity contribution in [1.82, 2.24) is 5.32 Å². The predicted molar refractivity (Wildman–Crippen MR) is 77.4 cm³/mol. The third-order valence-corrected chi connectivity index (χ3v) is 3.78. The number of rotatable bonds is 6. The number of benzene rings is 1. The first-order chi connectivity index (χ1) is 8.75. The van der Waals surface area contributed by atoms with E-state index in [4.69, 9.17) is 4.74 Å². The molecule has 0 aliphatic rings. The third kappa shape index (κ3) is 3.86. The fourth-order valence-corrected chi connectivity index (χ4v) is 2.34. The maximum absolute atomic E-state index is 5.70. The van der Waals surface area contributed by atoms with Gasteiger partial charge < -0.3 is 10.1 Å². The Morgan fingerprint density at radius 1 is 1.17 bits per heavy atom. The zero-order chi connectivity index (χ0) is 12.8. The lowest BCUT2D eigenvalue weighted by molar-refractivity contribution is 0.313. The van der Waals surface area contributed by atoms with Crippen LogP contribution in [0.3, 0.4) is 0 Å². The largest absolute Gasteiger partial charge is 0.492 e. The molecule has 96 valence electrons. The summed E-state index contributed by atoms with van der Waals surface area (Å²) in [4.78, 5) is 1.36. The minimum Gasteiger partial charge on any atom is -0.492 e. The van der Waals surface area contributed by atoms with Crippen molar-refractivity contribution >= 4 is 11.3 Å². The first-order valence-corrected chi connectivity index (χ1v) is 7.07. The van der Waals surface area contributed by atoms with Gasteiger partial charge in [-0.15, -0.1) is 11.3 Å². The topological polar surface area (TPSA) is 21.3 Å². The van der Waals surface area contributed by atoms with Crippen molar-refractivity contribution in [3.05, 3.63) is 51.7 Å². The van der Waals surface area contributed by atoms with Crippen molar-refractivity contribution in [2.45, 2.75) is 20.4 Å². The fourth-order valence-electron chi connectivity index (χ4n) is 1.67. The first kappa shape index (κ1) is 13.1. The molecule has 0 amide bonds. The summed E-state index contributed by atoms with van der Waals surface area (Å²) in [6, 6.07) is 10.4. The molecule has 2 aromatic rings. The van der Waals surface area contributed by atoms with Gasteiger partial charge in [0.05, 0.1) is 0 Å². The molecule has 2 rings (SSSR count). The van der Waals surface area contributed by atoms with Crippen LogP contribution in [-0.4, -0.2) is 13.2 Å². The lowest BCUT2D eigenvalue weighted by Gasteiger charge is -2.08. The van der Waals surface area contributed by atoms with E-state index in [1.165, 1.54) is 16.0 Å². The number of hydrogen-bond acceptors (Lipinski definition) is 3. The van der Waals surface area contributed by atoms with E-state index in [1.54, 1.807) is 11.3 Å². The number of hydrogen-bond donors (Lipinski definition) is 1. The van der Waals surface area contributed by atoms with Gasteiger partial charge in [-0.3, -0.25) is 0 Å². The van der Waals surface area contributed by atoms with Gasteiger partial charge in [0.2, 0.25) is 0 Å². The van der Waals surface area contributed by atoms with Gasteiger partial charge >= 0.3 is 0 Å². The van der Waals surface area contributed by atoms with Crippen LogP contribution in [-0.2, 0) is 6.54 Å². The Morgan fingerprint density at radius 2 is 2.06 bits per heavy atom. The van der Waals surface area contributed by atoms with E-state index in [0.717, 1.165) is 18.8 Å². The van der Waals surface area contributed by atoms with E-state index < -0.39 is 0 Å². The predicted octanol–water partition coefficient (Wildman–Crippen LogP) is 3.53. The second kappa shape index (κ2) is 6.57. The first-order valence-electron chi connectivity index (χ1n) is 6.19. The average Bonchev–Trinajstić information content (AvgIpc) is 2.86. The van der Waals surface area contributed by atoms with E-state index in [-0.39, 0.29) is 0 Å². The summed E-state index contributed by atoms with van der Waals surface area (Å²) in [6.45, 7) is 6.71. The van der Waals surface area contributed by atoms with Gasteiger partial charge in [-0.05, 0) is 48.6 Å². The molecule has 0 saturated heterocycles. The van der Waals surface area contributed by atoms with Crippen LogP contribution in [0.5, 0.6) is 5.75 Å². The van der Waals surface area contributed by atoms with Gasteiger partial charge in [-0.2, -0.15) is 0 Å². The zero-order valence-corrected chi connectivity index (χ0v) is 11.7. The molecule has 1 heterocycles. The summed E-state index contributed by atoms with van der Waals surface area (Å²) in [5.41, 5.74) is 2.58. The standard InChI is InChI=1S/C15H19NOS/c1-12-5-6-14(10-13(12)2)17-8-7-16-11-15-4-3-9-18-15/h3-6,9-10,16H,7-8,11H2,1-2H3. The molecule has 0 unspecified atom stereocenters. The number of aryl methyl sites for hydroxylation is 2. The van der Waals surface area contributed by atoms with Gasteiger partial charge in [-0.1, -0.05) is 12.1 Å². The molecule has 0 saturated carbocycles. The lowest BCUT2D eigenvalue weighted by Crippen LogP contribution is -2.20. The van der Waals surface area contributed by atoms with E-state index >= 15 is 0 Å². The molecule has 0 spiro atoms. The van der Waals surface area contributed by atoms with Crippen LogP contribution in [0.4, 0.5) is 0 Å².